The second kappa shape index (κ2) is 37.6. The van der Waals surface area contributed by atoms with E-state index >= 15 is 0 Å². The predicted molar refractivity (Wildman–Crippen MR) is 236 cm³/mol. The van der Waals surface area contributed by atoms with Gasteiger partial charge in [0.15, 0.2) is 6.29 Å². The molecule has 59 heavy (non-hydrogen) atoms. The highest BCUT2D eigenvalue weighted by Gasteiger charge is 2.48. The average molecular weight is 866 g/mol. The number of carbonyl (C=O) groups excluding carboxylic acids is 1. The van der Waals surface area contributed by atoms with Gasteiger partial charge in [-0.15, -0.1) is 0 Å². The Hall–Kier alpha value is -0.900. The van der Waals surface area contributed by atoms with Crippen LogP contribution in [0.5, 0.6) is 0 Å². The summed E-state index contributed by atoms with van der Waals surface area (Å²) >= 11 is 0. The molecule has 0 aromatic carbocycles. The topological polar surface area (TPSA) is 192 Å². The third-order valence-corrected chi connectivity index (χ3v) is 12.4. The molecule has 1 amide bonds. The first-order chi connectivity index (χ1) is 28.5. The largest absolute Gasteiger partial charge is 0.397 e. The van der Waals surface area contributed by atoms with Crippen molar-refractivity contribution in [1.29, 1.82) is 0 Å². The molecule has 12 nitrogen and oxygen atoms in total. The number of hydrogen-bond acceptors (Lipinski definition) is 10. The SMILES string of the molecule is CCCCCCCCCCCCCCCCCCCCCC(=O)NC(COC1OC(CO)C(O)C(OS(=O)(=O)O)C1O)C(O)CCCCCCCCCCCCCCC. The number of amides is 1. The molecule has 0 aliphatic carbocycles. The molecule has 7 unspecified atom stereocenters. The highest BCUT2D eigenvalue weighted by molar-refractivity contribution is 7.80. The molecule has 13 heteroatoms. The zero-order chi connectivity index (χ0) is 43.4. The van der Waals surface area contributed by atoms with Crippen LogP contribution in [-0.4, -0.2) is 95.4 Å². The Morgan fingerprint density at radius 2 is 0.983 bits per heavy atom. The zero-order valence-corrected chi connectivity index (χ0v) is 38.4. The van der Waals surface area contributed by atoms with Gasteiger partial charge in [0.05, 0.1) is 25.4 Å². The molecule has 0 saturated carbocycles. The van der Waals surface area contributed by atoms with Crippen LogP contribution in [0, 0.1) is 0 Å². The van der Waals surface area contributed by atoms with Crippen LogP contribution in [0.25, 0.3) is 0 Å². The Kier molecular flexibility index (Phi) is 35.8. The number of hydrogen-bond donors (Lipinski definition) is 6. The van der Waals surface area contributed by atoms with E-state index in [0.29, 0.717) is 12.8 Å². The summed E-state index contributed by atoms with van der Waals surface area (Å²) in [4.78, 5) is 13.1. The van der Waals surface area contributed by atoms with Crippen LogP contribution in [0.4, 0.5) is 0 Å². The second-order valence-corrected chi connectivity index (χ2v) is 18.5. The van der Waals surface area contributed by atoms with Gasteiger partial charge < -0.3 is 35.2 Å². The minimum absolute atomic E-state index is 0.226. The van der Waals surface area contributed by atoms with E-state index in [-0.39, 0.29) is 12.5 Å². The lowest BCUT2D eigenvalue weighted by Gasteiger charge is -2.41. The van der Waals surface area contributed by atoms with Gasteiger partial charge in [0, 0.05) is 6.42 Å². The molecule has 6 N–H and O–H groups in total. The van der Waals surface area contributed by atoms with Crippen molar-refractivity contribution in [2.45, 2.75) is 275 Å². The average Bonchev–Trinajstić information content (AvgIpc) is 3.20. The van der Waals surface area contributed by atoms with Gasteiger partial charge in [-0.2, -0.15) is 8.42 Å². The van der Waals surface area contributed by atoms with Gasteiger partial charge in [-0.25, -0.2) is 4.18 Å². The number of aliphatic hydroxyl groups is 4. The lowest BCUT2D eigenvalue weighted by molar-refractivity contribution is -0.298. The first-order valence-electron chi connectivity index (χ1n) is 24.4. The van der Waals surface area contributed by atoms with Gasteiger partial charge >= 0.3 is 10.4 Å². The maximum Gasteiger partial charge on any atom is 0.397 e. The molecule has 0 radical (unpaired) electrons. The number of unbranched alkanes of at least 4 members (excludes halogenated alkanes) is 30. The molecule has 0 aromatic rings. The molecule has 1 saturated heterocycles. The number of carbonyl (C=O) groups is 1. The van der Waals surface area contributed by atoms with E-state index in [2.05, 4.69) is 23.3 Å². The number of rotatable bonds is 42. The molecule has 352 valence electrons. The molecule has 1 heterocycles. The molecule has 0 bridgehead atoms. The Balaban J connectivity index is 2.43. The van der Waals surface area contributed by atoms with Crippen molar-refractivity contribution >= 4 is 16.3 Å². The molecule has 1 aliphatic rings. The van der Waals surface area contributed by atoms with E-state index < -0.39 is 59.9 Å². The van der Waals surface area contributed by atoms with Crippen LogP contribution in [0.1, 0.15) is 232 Å². The first kappa shape index (κ1) is 56.1. The summed E-state index contributed by atoms with van der Waals surface area (Å²) in [6.45, 7) is 3.46. The maximum atomic E-state index is 13.1. The molecule has 1 fully saturated rings. The summed E-state index contributed by atoms with van der Waals surface area (Å²) in [5.41, 5.74) is 0. The smallest absolute Gasteiger partial charge is 0.394 e. The molecular formula is C46H91NO11S. The fourth-order valence-corrected chi connectivity index (χ4v) is 8.62. The van der Waals surface area contributed by atoms with Gasteiger partial charge in [-0.3, -0.25) is 9.35 Å². The van der Waals surface area contributed by atoms with Crippen molar-refractivity contribution in [3.63, 3.8) is 0 Å². The van der Waals surface area contributed by atoms with Crippen LogP contribution in [0.2, 0.25) is 0 Å². The van der Waals surface area contributed by atoms with E-state index in [1.54, 1.807) is 0 Å². The Morgan fingerprint density at radius 1 is 0.610 bits per heavy atom. The number of aliphatic hydroxyl groups excluding tert-OH is 4. The molecule has 7 atom stereocenters. The molecular weight excluding hydrogens is 775 g/mol. The minimum Gasteiger partial charge on any atom is -0.394 e. The third kappa shape index (κ3) is 30.7. The van der Waals surface area contributed by atoms with Crippen molar-refractivity contribution in [1.82, 2.24) is 5.32 Å². The second-order valence-electron chi connectivity index (χ2n) is 17.4. The van der Waals surface area contributed by atoms with Crippen molar-refractivity contribution in [2.24, 2.45) is 0 Å². The summed E-state index contributed by atoms with van der Waals surface area (Å²) in [6, 6.07) is -0.851. The summed E-state index contributed by atoms with van der Waals surface area (Å²) in [5.74, 6) is -0.226. The molecule has 1 rings (SSSR count). The van der Waals surface area contributed by atoms with E-state index in [1.165, 1.54) is 154 Å². The van der Waals surface area contributed by atoms with Gasteiger partial charge in [0.25, 0.3) is 0 Å². The highest BCUT2D eigenvalue weighted by atomic mass is 32.3. The van der Waals surface area contributed by atoms with Gasteiger partial charge in [-0.1, -0.05) is 213 Å². The first-order valence-corrected chi connectivity index (χ1v) is 25.8. The van der Waals surface area contributed by atoms with E-state index in [9.17, 15) is 38.2 Å². The van der Waals surface area contributed by atoms with Gasteiger partial charge in [0.1, 0.15) is 24.4 Å². The van der Waals surface area contributed by atoms with Crippen LogP contribution in [0.15, 0.2) is 0 Å². The van der Waals surface area contributed by atoms with Gasteiger partial charge in [0.2, 0.25) is 5.91 Å². The summed E-state index contributed by atoms with van der Waals surface area (Å²) < 4.78 is 47.7. The molecule has 0 aromatic heterocycles. The minimum atomic E-state index is -5.07. The Bertz CT molecular complexity index is 1070. The molecule has 0 spiro atoms. The maximum absolute atomic E-state index is 13.1. The highest BCUT2D eigenvalue weighted by Crippen LogP contribution is 2.26. The van der Waals surface area contributed by atoms with Crippen molar-refractivity contribution in [2.75, 3.05) is 13.2 Å². The molecule has 1 aliphatic heterocycles. The van der Waals surface area contributed by atoms with E-state index in [1.807, 2.05) is 0 Å². The lowest BCUT2D eigenvalue weighted by Crippen LogP contribution is -2.61. The van der Waals surface area contributed by atoms with Crippen LogP contribution in [-0.2, 0) is 28.9 Å². The fourth-order valence-electron chi connectivity index (χ4n) is 8.11. The standard InChI is InChI=1S/C46H91NO11S/c1-3-5-7-9-11-13-15-17-18-19-20-21-22-24-26-28-30-32-34-36-42(50)47-39(40(49)35-33-31-29-27-25-23-16-14-12-10-8-6-4-2)38-56-46-44(52)45(58-59(53,54)55)43(51)41(37-48)57-46/h39-41,43-46,48-49,51-52H,3-38H2,1-2H3,(H,47,50)(H,53,54,55). The van der Waals surface area contributed by atoms with Crippen LogP contribution >= 0.6 is 0 Å². The van der Waals surface area contributed by atoms with Crippen molar-refractivity contribution in [3.8, 4) is 0 Å². The van der Waals surface area contributed by atoms with Crippen molar-refractivity contribution < 1.29 is 51.8 Å². The summed E-state index contributed by atoms with van der Waals surface area (Å²) in [5, 5.41) is 44.9. The summed E-state index contributed by atoms with van der Waals surface area (Å²) in [6.07, 6.45) is 31.0. The monoisotopic (exact) mass is 866 g/mol. The Morgan fingerprint density at radius 3 is 1.36 bits per heavy atom. The quantitative estimate of drug-likeness (QED) is 0.0253. The fraction of sp³-hybridized carbons (Fsp3) is 0.978. The third-order valence-electron chi connectivity index (χ3n) is 11.9. The van der Waals surface area contributed by atoms with Crippen LogP contribution < -0.4 is 5.32 Å². The normalized spacial score (nSPS) is 20.8. The summed E-state index contributed by atoms with van der Waals surface area (Å²) in [7, 11) is -5.07. The number of ether oxygens (including phenoxy) is 2. The lowest BCUT2D eigenvalue weighted by atomic mass is 9.99. The van der Waals surface area contributed by atoms with Crippen LogP contribution in [0.3, 0.4) is 0 Å². The van der Waals surface area contributed by atoms with E-state index in [4.69, 9.17) is 9.47 Å². The Labute approximate surface area is 360 Å². The number of nitrogens with one attached hydrogen (secondary N) is 1. The predicted octanol–water partition coefficient (Wildman–Crippen LogP) is 9.78. The zero-order valence-electron chi connectivity index (χ0n) is 37.6. The van der Waals surface area contributed by atoms with E-state index in [0.717, 1.165) is 51.4 Å². The van der Waals surface area contributed by atoms with Crippen molar-refractivity contribution in [3.05, 3.63) is 0 Å². The van der Waals surface area contributed by atoms with Gasteiger partial charge in [-0.05, 0) is 12.8 Å².